The zero-order chi connectivity index (χ0) is 18.8. The van der Waals surface area contributed by atoms with Crippen LogP contribution in [0, 0.1) is 0 Å². The molecule has 0 aliphatic heterocycles. The smallest absolute Gasteiger partial charge is 0.258 e. The van der Waals surface area contributed by atoms with E-state index in [1.165, 1.54) is 23.1 Å². The molecule has 1 amide bonds. The lowest BCUT2D eigenvalue weighted by Gasteiger charge is -2.06. The van der Waals surface area contributed by atoms with Crippen LogP contribution >= 0.6 is 23.1 Å². The molecular formula is C20H16N2O3S2. The highest BCUT2D eigenvalue weighted by atomic mass is 32.2. The summed E-state index contributed by atoms with van der Waals surface area (Å²) in [6.45, 7) is 0. The van der Waals surface area contributed by atoms with Gasteiger partial charge in [0.05, 0.1) is 12.7 Å². The van der Waals surface area contributed by atoms with Gasteiger partial charge in [0, 0.05) is 15.7 Å². The van der Waals surface area contributed by atoms with Gasteiger partial charge in [0.1, 0.15) is 17.0 Å². The average Bonchev–Trinajstić information content (AvgIpc) is 3.33. The van der Waals surface area contributed by atoms with Crippen LogP contribution in [0.15, 0.2) is 63.2 Å². The highest BCUT2D eigenvalue weighted by molar-refractivity contribution is 7.98. The zero-order valence-electron chi connectivity index (χ0n) is 14.7. The van der Waals surface area contributed by atoms with E-state index < -0.39 is 0 Å². The van der Waals surface area contributed by atoms with Crippen molar-refractivity contribution in [2.45, 2.75) is 4.90 Å². The summed E-state index contributed by atoms with van der Waals surface area (Å²) in [5.41, 5.74) is 2.08. The number of nitrogens with one attached hydrogen (secondary N) is 1. The molecule has 0 atom stereocenters. The molecule has 0 spiro atoms. The summed E-state index contributed by atoms with van der Waals surface area (Å²) in [6.07, 6.45) is 1.95. The Hall–Kier alpha value is -2.77. The molecule has 2 aromatic heterocycles. The molecule has 4 aromatic rings. The standard InChI is InChI=1S/C20H16N2O3S2/c1-24-13-7-8-16-12(9-13)10-17(25-16)15-11-27-20(21-15)22-19(23)14-5-3-4-6-18(14)26-2/h3-11H,1-2H3,(H,21,22,23). The van der Waals surface area contributed by atoms with Crippen molar-refractivity contribution in [2.24, 2.45) is 0 Å². The average molecular weight is 396 g/mol. The van der Waals surface area contributed by atoms with E-state index in [9.17, 15) is 4.79 Å². The first-order chi connectivity index (χ1) is 13.2. The number of thioether (sulfide) groups is 1. The first-order valence-electron chi connectivity index (χ1n) is 8.16. The second-order valence-corrected chi connectivity index (χ2v) is 7.41. The number of rotatable bonds is 5. The van der Waals surface area contributed by atoms with Crippen LogP contribution in [0.5, 0.6) is 5.75 Å². The normalized spacial score (nSPS) is 10.9. The van der Waals surface area contributed by atoms with Gasteiger partial charge in [-0.25, -0.2) is 4.98 Å². The van der Waals surface area contributed by atoms with Gasteiger partial charge in [-0.2, -0.15) is 0 Å². The third-order valence-electron chi connectivity index (χ3n) is 4.05. The van der Waals surface area contributed by atoms with Gasteiger partial charge in [-0.05, 0) is 42.7 Å². The van der Waals surface area contributed by atoms with Gasteiger partial charge in [0.15, 0.2) is 10.9 Å². The van der Waals surface area contributed by atoms with E-state index in [1.807, 2.05) is 60.2 Å². The van der Waals surface area contributed by atoms with Crippen molar-refractivity contribution in [1.82, 2.24) is 4.98 Å². The molecule has 0 fully saturated rings. The third kappa shape index (κ3) is 3.56. The summed E-state index contributed by atoms with van der Waals surface area (Å²) in [5, 5.41) is 6.21. The van der Waals surface area contributed by atoms with Crippen molar-refractivity contribution in [3.63, 3.8) is 0 Å². The molecule has 2 heterocycles. The Morgan fingerprint density at radius 3 is 2.89 bits per heavy atom. The number of ether oxygens (including phenoxy) is 1. The van der Waals surface area contributed by atoms with E-state index in [2.05, 4.69) is 10.3 Å². The number of carbonyl (C=O) groups is 1. The monoisotopic (exact) mass is 396 g/mol. The molecule has 5 nitrogen and oxygen atoms in total. The van der Waals surface area contributed by atoms with Crippen molar-refractivity contribution in [3.05, 3.63) is 59.5 Å². The quantitative estimate of drug-likeness (QED) is 0.449. The number of furan rings is 1. The first kappa shape index (κ1) is 17.6. The Balaban J connectivity index is 1.57. The van der Waals surface area contributed by atoms with E-state index in [0.717, 1.165) is 21.6 Å². The fraction of sp³-hybridized carbons (Fsp3) is 0.100. The predicted octanol–water partition coefficient (Wildman–Crippen LogP) is 5.54. The second-order valence-electron chi connectivity index (χ2n) is 5.71. The number of aromatic nitrogens is 1. The largest absolute Gasteiger partial charge is 0.497 e. The number of hydrogen-bond donors (Lipinski definition) is 1. The topological polar surface area (TPSA) is 64.4 Å². The van der Waals surface area contributed by atoms with Crippen molar-refractivity contribution < 1.29 is 13.9 Å². The molecule has 0 bridgehead atoms. The minimum atomic E-state index is -0.171. The number of hydrogen-bond acceptors (Lipinski definition) is 6. The Labute approximate surface area is 164 Å². The molecule has 0 aliphatic rings. The summed E-state index contributed by atoms with van der Waals surface area (Å²) in [5.74, 6) is 1.25. The van der Waals surface area contributed by atoms with Crippen LogP contribution in [0.2, 0.25) is 0 Å². The lowest BCUT2D eigenvalue weighted by molar-refractivity contribution is 0.102. The van der Waals surface area contributed by atoms with Crippen LogP contribution < -0.4 is 10.1 Å². The van der Waals surface area contributed by atoms with Crippen molar-refractivity contribution in [1.29, 1.82) is 0 Å². The van der Waals surface area contributed by atoms with E-state index in [1.54, 1.807) is 7.11 Å². The number of fused-ring (bicyclic) bond motifs is 1. The Kier molecular flexibility index (Phi) is 4.87. The highest BCUT2D eigenvalue weighted by Crippen LogP contribution is 2.32. The molecule has 0 saturated heterocycles. The molecule has 0 radical (unpaired) electrons. The molecule has 4 rings (SSSR count). The van der Waals surface area contributed by atoms with Gasteiger partial charge < -0.3 is 9.15 Å². The number of carbonyl (C=O) groups excluding carboxylic acids is 1. The number of anilines is 1. The van der Waals surface area contributed by atoms with Gasteiger partial charge in [-0.3, -0.25) is 10.1 Å². The minimum absolute atomic E-state index is 0.171. The van der Waals surface area contributed by atoms with Gasteiger partial charge in [0.2, 0.25) is 0 Å². The third-order valence-corrected chi connectivity index (χ3v) is 5.61. The SMILES string of the molecule is COc1ccc2oc(-c3csc(NC(=O)c4ccccc4SC)n3)cc2c1. The first-order valence-corrected chi connectivity index (χ1v) is 10.3. The molecule has 0 saturated carbocycles. The van der Waals surface area contributed by atoms with Gasteiger partial charge >= 0.3 is 0 Å². The molecule has 136 valence electrons. The fourth-order valence-corrected chi connectivity index (χ4v) is 4.01. The molecule has 2 aromatic carbocycles. The van der Waals surface area contributed by atoms with Gasteiger partial charge in [0.25, 0.3) is 5.91 Å². The summed E-state index contributed by atoms with van der Waals surface area (Å²) >= 11 is 2.90. The van der Waals surface area contributed by atoms with Crippen LogP contribution in [0.1, 0.15) is 10.4 Å². The van der Waals surface area contributed by atoms with Crippen molar-refractivity contribution in [3.8, 4) is 17.2 Å². The summed E-state index contributed by atoms with van der Waals surface area (Å²) in [4.78, 5) is 18.0. The molecule has 0 aliphatic carbocycles. The Morgan fingerprint density at radius 1 is 1.22 bits per heavy atom. The summed E-state index contributed by atoms with van der Waals surface area (Å²) in [6, 6.07) is 15.1. The second kappa shape index (κ2) is 7.46. The predicted molar refractivity (Wildman–Crippen MR) is 110 cm³/mol. The maximum absolute atomic E-state index is 12.6. The minimum Gasteiger partial charge on any atom is -0.497 e. The summed E-state index contributed by atoms with van der Waals surface area (Å²) in [7, 11) is 1.63. The van der Waals surface area contributed by atoms with Crippen LogP contribution in [-0.2, 0) is 0 Å². The van der Waals surface area contributed by atoms with E-state index >= 15 is 0 Å². The fourth-order valence-electron chi connectivity index (χ4n) is 2.72. The molecular weight excluding hydrogens is 380 g/mol. The van der Waals surface area contributed by atoms with Gasteiger partial charge in [-0.15, -0.1) is 23.1 Å². The maximum atomic E-state index is 12.6. The highest BCUT2D eigenvalue weighted by Gasteiger charge is 2.15. The van der Waals surface area contributed by atoms with E-state index in [-0.39, 0.29) is 5.91 Å². The lowest BCUT2D eigenvalue weighted by atomic mass is 10.2. The van der Waals surface area contributed by atoms with E-state index in [4.69, 9.17) is 9.15 Å². The Bertz CT molecular complexity index is 1120. The molecule has 0 unspecified atom stereocenters. The van der Waals surface area contributed by atoms with Crippen LogP contribution in [0.4, 0.5) is 5.13 Å². The molecule has 7 heteroatoms. The van der Waals surface area contributed by atoms with Crippen LogP contribution in [0.25, 0.3) is 22.4 Å². The lowest BCUT2D eigenvalue weighted by Crippen LogP contribution is -2.12. The zero-order valence-corrected chi connectivity index (χ0v) is 16.3. The number of thiazole rings is 1. The van der Waals surface area contributed by atoms with Crippen molar-refractivity contribution in [2.75, 3.05) is 18.7 Å². The number of methoxy groups -OCH3 is 1. The number of benzene rings is 2. The molecule has 27 heavy (non-hydrogen) atoms. The number of nitrogens with zero attached hydrogens (tertiary/aromatic N) is 1. The van der Waals surface area contributed by atoms with Crippen LogP contribution in [-0.4, -0.2) is 24.3 Å². The summed E-state index contributed by atoms with van der Waals surface area (Å²) < 4.78 is 11.1. The molecule has 1 N–H and O–H groups in total. The Morgan fingerprint density at radius 2 is 2.07 bits per heavy atom. The maximum Gasteiger partial charge on any atom is 0.258 e. The van der Waals surface area contributed by atoms with Gasteiger partial charge in [-0.1, -0.05) is 12.1 Å². The number of amides is 1. The van der Waals surface area contributed by atoms with Crippen molar-refractivity contribution >= 4 is 45.1 Å². The van der Waals surface area contributed by atoms with E-state index in [0.29, 0.717) is 22.1 Å². The van der Waals surface area contributed by atoms with Crippen LogP contribution in [0.3, 0.4) is 0 Å².